The zero-order chi connectivity index (χ0) is 12.6. The predicted octanol–water partition coefficient (Wildman–Crippen LogP) is 3.88. The maximum Gasteiger partial charge on any atom is 0.111 e. The van der Waals surface area contributed by atoms with E-state index in [1.165, 1.54) is 11.1 Å². The van der Waals surface area contributed by atoms with Crippen LogP contribution in [-0.4, -0.2) is 15.4 Å². The molecule has 3 heteroatoms. The molecule has 0 atom stereocenters. The molecule has 2 aromatic rings. The van der Waals surface area contributed by atoms with Gasteiger partial charge in [-0.25, -0.2) is 4.98 Å². The molecule has 0 aliphatic heterocycles. The van der Waals surface area contributed by atoms with Crippen LogP contribution in [0.25, 0.3) is 11.0 Å². The number of benzene rings is 1. The van der Waals surface area contributed by atoms with Crippen molar-refractivity contribution >= 4 is 22.6 Å². The molecule has 0 saturated carbocycles. The highest BCUT2D eigenvalue weighted by atomic mass is 35.5. The Morgan fingerprint density at radius 2 is 2.00 bits per heavy atom. The summed E-state index contributed by atoms with van der Waals surface area (Å²) in [6, 6.07) is 6.33. The summed E-state index contributed by atoms with van der Waals surface area (Å²) in [7, 11) is 0. The van der Waals surface area contributed by atoms with E-state index in [1.54, 1.807) is 0 Å². The van der Waals surface area contributed by atoms with Crippen LogP contribution in [-0.2, 0) is 12.0 Å². The Morgan fingerprint density at radius 1 is 1.29 bits per heavy atom. The molecule has 0 saturated heterocycles. The summed E-state index contributed by atoms with van der Waals surface area (Å²) in [5, 5.41) is 0. The number of hydrogen-bond donors (Lipinski definition) is 0. The van der Waals surface area contributed by atoms with Gasteiger partial charge in [-0.2, -0.15) is 0 Å². The van der Waals surface area contributed by atoms with Gasteiger partial charge in [-0.3, -0.25) is 0 Å². The van der Waals surface area contributed by atoms with Crippen LogP contribution < -0.4 is 0 Å². The first-order chi connectivity index (χ1) is 7.95. The third-order valence-corrected chi connectivity index (χ3v) is 3.13. The molecular formula is C14H19ClN2. The largest absolute Gasteiger partial charge is 0.323 e. The number of halogens is 1. The zero-order valence-corrected chi connectivity index (χ0v) is 11.7. The standard InChI is InChI=1S/C14H19ClN2/c1-10-6-5-7-11-13(10)16-12(8-9-15)17(11)14(2,3)4/h5-7H,8-9H2,1-4H3. The highest BCUT2D eigenvalue weighted by Gasteiger charge is 2.21. The smallest absolute Gasteiger partial charge is 0.111 e. The number of aryl methyl sites for hydroxylation is 2. The lowest BCUT2D eigenvalue weighted by molar-refractivity contribution is 0.395. The second-order valence-electron chi connectivity index (χ2n) is 5.42. The van der Waals surface area contributed by atoms with Crippen LogP contribution in [0.3, 0.4) is 0 Å². The summed E-state index contributed by atoms with van der Waals surface area (Å²) in [5.41, 5.74) is 3.56. The minimum Gasteiger partial charge on any atom is -0.323 e. The summed E-state index contributed by atoms with van der Waals surface area (Å²) < 4.78 is 2.30. The minimum absolute atomic E-state index is 0.0317. The van der Waals surface area contributed by atoms with Gasteiger partial charge >= 0.3 is 0 Å². The summed E-state index contributed by atoms with van der Waals surface area (Å²) in [5.74, 6) is 1.69. The fourth-order valence-electron chi connectivity index (χ4n) is 2.29. The second kappa shape index (κ2) is 4.34. The summed E-state index contributed by atoms with van der Waals surface area (Å²) in [6.07, 6.45) is 0.812. The SMILES string of the molecule is Cc1cccc2c1nc(CCCl)n2C(C)(C)C. The van der Waals surface area contributed by atoms with Crippen LogP contribution in [0.15, 0.2) is 18.2 Å². The van der Waals surface area contributed by atoms with Crippen molar-refractivity contribution in [3.8, 4) is 0 Å². The molecule has 0 aliphatic carbocycles. The molecule has 0 radical (unpaired) electrons. The first-order valence-electron chi connectivity index (χ1n) is 5.98. The van der Waals surface area contributed by atoms with E-state index >= 15 is 0 Å². The summed E-state index contributed by atoms with van der Waals surface area (Å²) >= 11 is 5.87. The van der Waals surface area contributed by atoms with Crippen LogP contribution in [0.1, 0.15) is 32.2 Å². The van der Waals surface area contributed by atoms with Crippen LogP contribution in [0.2, 0.25) is 0 Å². The van der Waals surface area contributed by atoms with Crippen molar-refractivity contribution in [1.29, 1.82) is 0 Å². The van der Waals surface area contributed by atoms with Crippen molar-refractivity contribution in [2.75, 3.05) is 5.88 Å². The van der Waals surface area contributed by atoms with Gasteiger partial charge in [0, 0.05) is 17.8 Å². The molecule has 0 N–H and O–H groups in total. The monoisotopic (exact) mass is 250 g/mol. The summed E-state index contributed by atoms with van der Waals surface area (Å²) in [4.78, 5) is 4.75. The normalized spacial score (nSPS) is 12.3. The number of fused-ring (bicyclic) bond motifs is 1. The number of nitrogens with zero attached hydrogens (tertiary/aromatic N) is 2. The molecule has 2 nitrogen and oxygen atoms in total. The van der Waals surface area contributed by atoms with Gasteiger partial charge in [-0.1, -0.05) is 12.1 Å². The molecule has 1 aromatic heterocycles. The summed E-state index contributed by atoms with van der Waals surface area (Å²) in [6.45, 7) is 8.71. The number of alkyl halides is 1. The molecule has 2 rings (SSSR count). The average molecular weight is 251 g/mol. The first-order valence-corrected chi connectivity index (χ1v) is 6.52. The molecule has 92 valence electrons. The Hall–Kier alpha value is -1.02. The second-order valence-corrected chi connectivity index (χ2v) is 5.79. The van der Waals surface area contributed by atoms with Crippen LogP contribution in [0.5, 0.6) is 0 Å². The van der Waals surface area contributed by atoms with E-state index in [2.05, 4.69) is 50.5 Å². The van der Waals surface area contributed by atoms with Crippen molar-refractivity contribution in [1.82, 2.24) is 9.55 Å². The molecular weight excluding hydrogens is 232 g/mol. The van der Waals surface area contributed by atoms with Crippen LogP contribution >= 0.6 is 11.6 Å². The Kier molecular flexibility index (Phi) is 3.17. The fourth-order valence-corrected chi connectivity index (χ4v) is 2.46. The third-order valence-electron chi connectivity index (χ3n) is 2.95. The van der Waals surface area contributed by atoms with Crippen molar-refractivity contribution < 1.29 is 0 Å². The first kappa shape index (κ1) is 12.4. The van der Waals surface area contributed by atoms with E-state index in [4.69, 9.17) is 16.6 Å². The molecule has 0 amide bonds. The van der Waals surface area contributed by atoms with Gasteiger partial charge in [0.1, 0.15) is 5.82 Å². The Labute approximate surface area is 108 Å². The van der Waals surface area contributed by atoms with Crippen molar-refractivity contribution in [3.63, 3.8) is 0 Å². The number of rotatable bonds is 2. The van der Waals surface area contributed by atoms with Crippen LogP contribution in [0, 0.1) is 6.92 Å². The Balaban J connectivity index is 2.76. The maximum atomic E-state index is 5.87. The van der Waals surface area contributed by atoms with Gasteiger partial charge in [0.15, 0.2) is 0 Å². The zero-order valence-electron chi connectivity index (χ0n) is 10.9. The Bertz CT molecular complexity index is 535. The van der Waals surface area contributed by atoms with Crippen molar-refractivity contribution in [3.05, 3.63) is 29.6 Å². The van der Waals surface area contributed by atoms with E-state index in [9.17, 15) is 0 Å². The predicted molar refractivity (Wildman–Crippen MR) is 73.9 cm³/mol. The number of imidazole rings is 1. The van der Waals surface area contributed by atoms with Gasteiger partial charge in [0.05, 0.1) is 11.0 Å². The van der Waals surface area contributed by atoms with E-state index in [0.29, 0.717) is 5.88 Å². The number of aromatic nitrogens is 2. The molecule has 0 spiro atoms. The lowest BCUT2D eigenvalue weighted by Crippen LogP contribution is -2.24. The average Bonchev–Trinajstić information content (AvgIpc) is 2.57. The van der Waals surface area contributed by atoms with E-state index in [-0.39, 0.29) is 5.54 Å². The van der Waals surface area contributed by atoms with Crippen molar-refractivity contribution in [2.45, 2.75) is 39.7 Å². The van der Waals surface area contributed by atoms with Gasteiger partial charge in [-0.05, 0) is 39.3 Å². The Morgan fingerprint density at radius 3 is 2.59 bits per heavy atom. The highest BCUT2D eigenvalue weighted by Crippen LogP contribution is 2.27. The quantitative estimate of drug-likeness (QED) is 0.740. The topological polar surface area (TPSA) is 17.8 Å². The van der Waals surface area contributed by atoms with E-state index in [1.807, 2.05) is 0 Å². The van der Waals surface area contributed by atoms with Gasteiger partial charge in [-0.15, -0.1) is 11.6 Å². The van der Waals surface area contributed by atoms with E-state index < -0.39 is 0 Å². The lowest BCUT2D eigenvalue weighted by Gasteiger charge is -2.24. The highest BCUT2D eigenvalue weighted by molar-refractivity contribution is 6.17. The van der Waals surface area contributed by atoms with Gasteiger partial charge < -0.3 is 4.57 Å². The molecule has 1 heterocycles. The molecule has 0 unspecified atom stereocenters. The van der Waals surface area contributed by atoms with Crippen molar-refractivity contribution in [2.24, 2.45) is 0 Å². The molecule has 0 bridgehead atoms. The minimum atomic E-state index is 0.0317. The van der Waals surface area contributed by atoms with Gasteiger partial charge in [0.25, 0.3) is 0 Å². The molecule has 1 aromatic carbocycles. The third kappa shape index (κ3) is 2.19. The lowest BCUT2D eigenvalue weighted by atomic mass is 10.1. The maximum absolute atomic E-state index is 5.87. The van der Waals surface area contributed by atoms with E-state index in [0.717, 1.165) is 17.8 Å². The van der Waals surface area contributed by atoms with Gasteiger partial charge in [0.2, 0.25) is 0 Å². The fraction of sp³-hybridized carbons (Fsp3) is 0.500. The number of hydrogen-bond acceptors (Lipinski definition) is 1. The van der Waals surface area contributed by atoms with Crippen LogP contribution in [0.4, 0.5) is 0 Å². The number of para-hydroxylation sites is 1. The molecule has 0 fully saturated rings. The molecule has 17 heavy (non-hydrogen) atoms. The molecule has 0 aliphatic rings.